The van der Waals surface area contributed by atoms with Crippen LogP contribution in [0.5, 0.6) is 0 Å². The van der Waals surface area contributed by atoms with E-state index in [9.17, 15) is 0 Å². The number of halogens is 1. The number of fused-ring (bicyclic) bond motifs is 1. The van der Waals surface area contributed by atoms with Crippen LogP contribution in [-0.4, -0.2) is 21.1 Å². The molecule has 0 unspecified atom stereocenters. The monoisotopic (exact) mass is 254 g/mol. The van der Waals surface area contributed by atoms with Gasteiger partial charge < -0.3 is 9.88 Å². The Labute approximate surface area is 108 Å². The molecular formula is C12H19ClN4. The molecule has 0 radical (unpaired) electrons. The molecular weight excluding hydrogens is 236 g/mol. The molecule has 0 bridgehead atoms. The van der Waals surface area contributed by atoms with E-state index in [0.29, 0.717) is 0 Å². The summed E-state index contributed by atoms with van der Waals surface area (Å²) >= 11 is 0. The minimum atomic E-state index is 0. The Kier molecular flexibility index (Phi) is 5.22. The normalized spacial score (nSPS) is 10.2. The van der Waals surface area contributed by atoms with Crippen molar-refractivity contribution < 1.29 is 0 Å². The van der Waals surface area contributed by atoms with Crippen molar-refractivity contribution in [2.75, 3.05) is 11.9 Å². The van der Waals surface area contributed by atoms with Crippen LogP contribution < -0.4 is 5.32 Å². The zero-order valence-corrected chi connectivity index (χ0v) is 11.1. The van der Waals surface area contributed by atoms with E-state index in [1.54, 1.807) is 6.33 Å². The summed E-state index contributed by atoms with van der Waals surface area (Å²) in [6.45, 7) is 3.19. The summed E-state index contributed by atoms with van der Waals surface area (Å²) in [4.78, 5) is 8.54. The molecule has 0 spiro atoms. The fourth-order valence-electron chi connectivity index (χ4n) is 1.80. The number of hydrogen-bond acceptors (Lipinski definition) is 3. The lowest BCUT2D eigenvalue weighted by molar-refractivity contribution is 0.742. The zero-order chi connectivity index (χ0) is 11.4. The molecule has 2 aromatic heterocycles. The van der Waals surface area contributed by atoms with E-state index in [2.05, 4.69) is 28.3 Å². The number of anilines is 1. The molecule has 2 aromatic rings. The van der Waals surface area contributed by atoms with Crippen LogP contribution >= 0.6 is 12.4 Å². The highest BCUT2D eigenvalue weighted by molar-refractivity contribution is 5.87. The minimum absolute atomic E-state index is 0. The third-order valence-corrected chi connectivity index (χ3v) is 2.73. The first-order valence-corrected chi connectivity index (χ1v) is 5.83. The molecule has 0 aromatic carbocycles. The SMILES string of the molecule is CCCCCNc1ncnc2c1ccn2C.Cl. The Balaban J connectivity index is 0.00000144. The summed E-state index contributed by atoms with van der Waals surface area (Å²) in [6, 6.07) is 2.05. The van der Waals surface area contributed by atoms with Crippen LogP contribution in [0.3, 0.4) is 0 Å². The molecule has 2 heterocycles. The molecule has 0 saturated carbocycles. The molecule has 17 heavy (non-hydrogen) atoms. The van der Waals surface area contributed by atoms with Crippen molar-refractivity contribution in [2.45, 2.75) is 26.2 Å². The lowest BCUT2D eigenvalue weighted by Gasteiger charge is -2.05. The molecule has 0 fully saturated rings. The smallest absolute Gasteiger partial charge is 0.145 e. The number of nitrogens with one attached hydrogen (secondary N) is 1. The fraction of sp³-hybridized carbons (Fsp3) is 0.500. The minimum Gasteiger partial charge on any atom is -0.369 e. The number of nitrogens with zero attached hydrogens (tertiary/aromatic N) is 3. The fourth-order valence-corrected chi connectivity index (χ4v) is 1.80. The van der Waals surface area contributed by atoms with Gasteiger partial charge in [0, 0.05) is 19.8 Å². The molecule has 0 atom stereocenters. The molecule has 5 heteroatoms. The first-order chi connectivity index (χ1) is 7.83. The van der Waals surface area contributed by atoms with Gasteiger partial charge in [0.05, 0.1) is 5.39 Å². The third-order valence-electron chi connectivity index (χ3n) is 2.73. The number of unbranched alkanes of at least 4 members (excludes halogenated alkanes) is 2. The van der Waals surface area contributed by atoms with Crippen molar-refractivity contribution in [3.05, 3.63) is 18.6 Å². The van der Waals surface area contributed by atoms with Gasteiger partial charge in [-0.3, -0.25) is 0 Å². The summed E-state index contributed by atoms with van der Waals surface area (Å²) in [5.41, 5.74) is 0.980. The summed E-state index contributed by atoms with van der Waals surface area (Å²) in [5.74, 6) is 0.946. The van der Waals surface area contributed by atoms with Gasteiger partial charge in [0.1, 0.15) is 17.8 Å². The van der Waals surface area contributed by atoms with Crippen LogP contribution in [0.1, 0.15) is 26.2 Å². The molecule has 0 amide bonds. The van der Waals surface area contributed by atoms with Crippen molar-refractivity contribution in [3.8, 4) is 0 Å². The standard InChI is InChI=1S/C12H18N4.ClH/c1-3-4-5-7-13-11-10-6-8-16(2)12(10)15-9-14-11;/h6,8-9H,3-5,7H2,1-2H3,(H,13,14,15);1H. The Morgan fingerprint density at radius 3 is 2.88 bits per heavy atom. The topological polar surface area (TPSA) is 42.7 Å². The lowest BCUT2D eigenvalue weighted by Crippen LogP contribution is -2.04. The molecule has 0 aliphatic heterocycles. The quantitative estimate of drug-likeness (QED) is 0.835. The van der Waals surface area contributed by atoms with Crippen LogP contribution in [0.25, 0.3) is 11.0 Å². The molecule has 0 aliphatic rings. The second-order valence-corrected chi connectivity index (χ2v) is 4.02. The average molecular weight is 255 g/mol. The molecule has 0 aliphatic carbocycles. The van der Waals surface area contributed by atoms with Crippen molar-refractivity contribution in [1.82, 2.24) is 14.5 Å². The molecule has 2 rings (SSSR count). The maximum absolute atomic E-state index is 4.28. The van der Waals surface area contributed by atoms with Crippen LogP contribution in [0.2, 0.25) is 0 Å². The van der Waals surface area contributed by atoms with Crippen molar-refractivity contribution in [2.24, 2.45) is 7.05 Å². The molecule has 0 saturated heterocycles. The average Bonchev–Trinajstić information content (AvgIpc) is 2.68. The van der Waals surface area contributed by atoms with Crippen molar-refractivity contribution in [1.29, 1.82) is 0 Å². The highest BCUT2D eigenvalue weighted by atomic mass is 35.5. The van der Waals surface area contributed by atoms with E-state index in [1.807, 2.05) is 17.8 Å². The maximum atomic E-state index is 4.28. The summed E-state index contributed by atoms with van der Waals surface area (Å²) in [7, 11) is 2.00. The van der Waals surface area contributed by atoms with Crippen molar-refractivity contribution in [3.63, 3.8) is 0 Å². The number of aromatic nitrogens is 3. The van der Waals surface area contributed by atoms with E-state index in [1.165, 1.54) is 19.3 Å². The maximum Gasteiger partial charge on any atom is 0.145 e. The predicted octanol–water partition coefficient (Wildman–Crippen LogP) is 2.99. The van der Waals surface area contributed by atoms with Gasteiger partial charge in [-0.15, -0.1) is 12.4 Å². The predicted molar refractivity (Wildman–Crippen MR) is 73.8 cm³/mol. The van der Waals surface area contributed by atoms with Crippen LogP contribution in [0.15, 0.2) is 18.6 Å². The number of aryl methyl sites for hydroxylation is 1. The van der Waals surface area contributed by atoms with Gasteiger partial charge in [0.25, 0.3) is 0 Å². The van der Waals surface area contributed by atoms with Gasteiger partial charge in [-0.05, 0) is 12.5 Å². The van der Waals surface area contributed by atoms with Crippen LogP contribution in [0.4, 0.5) is 5.82 Å². The second kappa shape index (κ2) is 6.45. The zero-order valence-electron chi connectivity index (χ0n) is 10.3. The number of rotatable bonds is 5. The molecule has 94 valence electrons. The largest absolute Gasteiger partial charge is 0.369 e. The van der Waals surface area contributed by atoms with E-state index in [-0.39, 0.29) is 12.4 Å². The van der Waals surface area contributed by atoms with Gasteiger partial charge in [-0.2, -0.15) is 0 Å². The van der Waals surface area contributed by atoms with Gasteiger partial charge in [0.15, 0.2) is 0 Å². The second-order valence-electron chi connectivity index (χ2n) is 4.02. The highest BCUT2D eigenvalue weighted by Gasteiger charge is 2.05. The van der Waals surface area contributed by atoms with Crippen molar-refractivity contribution >= 4 is 29.3 Å². The van der Waals surface area contributed by atoms with Gasteiger partial charge in [-0.25, -0.2) is 9.97 Å². The number of hydrogen-bond donors (Lipinski definition) is 1. The Morgan fingerprint density at radius 2 is 2.12 bits per heavy atom. The van der Waals surface area contributed by atoms with E-state index < -0.39 is 0 Å². The summed E-state index contributed by atoms with van der Waals surface area (Å²) < 4.78 is 2.01. The first kappa shape index (κ1) is 13.8. The van der Waals surface area contributed by atoms with Gasteiger partial charge in [-0.1, -0.05) is 19.8 Å². The molecule has 1 N–H and O–H groups in total. The van der Waals surface area contributed by atoms with Crippen LogP contribution in [-0.2, 0) is 7.05 Å². The van der Waals surface area contributed by atoms with Gasteiger partial charge in [0.2, 0.25) is 0 Å². The van der Waals surface area contributed by atoms with Crippen LogP contribution in [0, 0.1) is 0 Å². The molecule has 4 nitrogen and oxygen atoms in total. The summed E-state index contributed by atoms with van der Waals surface area (Å²) in [5, 5.41) is 4.47. The lowest BCUT2D eigenvalue weighted by atomic mass is 10.2. The third kappa shape index (κ3) is 3.09. The van der Waals surface area contributed by atoms with Gasteiger partial charge >= 0.3 is 0 Å². The van der Waals surface area contributed by atoms with E-state index >= 15 is 0 Å². The highest BCUT2D eigenvalue weighted by Crippen LogP contribution is 2.19. The van der Waals surface area contributed by atoms with E-state index in [4.69, 9.17) is 0 Å². The Morgan fingerprint density at radius 1 is 1.29 bits per heavy atom. The Bertz CT molecular complexity index is 466. The Hall–Kier alpha value is -1.29. The van der Waals surface area contributed by atoms with E-state index in [0.717, 1.165) is 23.4 Å². The first-order valence-electron chi connectivity index (χ1n) is 5.83. The summed E-state index contributed by atoms with van der Waals surface area (Å²) in [6.07, 6.45) is 7.32.